The number of anilines is 1. The van der Waals surface area contributed by atoms with E-state index in [9.17, 15) is 0 Å². The molecular formula is C24H30N4S. The number of aryl methyl sites for hydroxylation is 1. The van der Waals surface area contributed by atoms with Crippen LogP contribution in [0, 0.1) is 0 Å². The van der Waals surface area contributed by atoms with Crippen LogP contribution >= 0.6 is 11.5 Å². The zero-order valence-electron chi connectivity index (χ0n) is 17.2. The first kappa shape index (κ1) is 19.0. The summed E-state index contributed by atoms with van der Waals surface area (Å²) < 4.78 is 6.02. The first-order valence-electron chi connectivity index (χ1n) is 10.9. The molecule has 5 heteroatoms. The maximum absolute atomic E-state index is 4.73. The number of nitrogens with one attached hydrogen (secondary N) is 1. The normalized spacial score (nSPS) is 20.2. The standard InChI is InChI=1S/C24H30N4S/c1-25-21-9-8-19-16-18(6-7-20(19)17-21)10-11-27-12-14-28(15-13-27)24-22-4-2-3-5-23(22)29-26-24/h2-7,16,21,25H,8-15,17H2,1H3. The van der Waals surface area contributed by atoms with Crippen molar-refractivity contribution in [2.24, 2.45) is 0 Å². The summed E-state index contributed by atoms with van der Waals surface area (Å²) in [5.74, 6) is 1.18. The van der Waals surface area contributed by atoms with E-state index in [0.29, 0.717) is 6.04 Å². The van der Waals surface area contributed by atoms with Crippen LogP contribution in [-0.4, -0.2) is 55.1 Å². The highest BCUT2D eigenvalue weighted by atomic mass is 32.1. The molecule has 2 aromatic carbocycles. The van der Waals surface area contributed by atoms with Gasteiger partial charge in [0.15, 0.2) is 0 Å². The number of fused-ring (bicyclic) bond motifs is 2. The van der Waals surface area contributed by atoms with E-state index in [2.05, 4.69) is 64.6 Å². The van der Waals surface area contributed by atoms with Crippen molar-refractivity contribution < 1.29 is 0 Å². The number of nitrogens with zero attached hydrogens (tertiary/aromatic N) is 3. The lowest BCUT2D eigenvalue weighted by Crippen LogP contribution is -2.47. The van der Waals surface area contributed by atoms with Crippen molar-refractivity contribution in [2.75, 3.05) is 44.7 Å². The zero-order chi connectivity index (χ0) is 19.6. The van der Waals surface area contributed by atoms with Gasteiger partial charge in [-0.25, -0.2) is 0 Å². The van der Waals surface area contributed by atoms with Crippen molar-refractivity contribution in [1.29, 1.82) is 0 Å². The molecule has 1 atom stereocenters. The molecule has 0 bridgehead atoms. The third kappa shape index (κ3) is 4.04. The topological polar surface area (TPSA) is 31.4 Å². The van der Waals surface area contributed by atoms with Crippen LogP contribution in [0.2, 0.25) is 0 Å². The summed E-state index contributed by atoms with van der Waals surface area (Å²) in [5, 5.41) is 4.74. The summed E-state index contributed by atoms with van der Waals surface area (Å²) in [6, 6.07) is 16.4. The maximum Gasteiger partial charge on any atom is 0.150 e. The van der Waals surface area contributed by atoms with Crippen molar-refractivity contribution in [1.82, 2.24) is 14.6 Å². The first-order valence-corrected chi connectivity index (χ1v) is 11.7. The van der Waals surface area contributed by atoms with Crippen LogP contribution in [0.1, 0.15) is 23.1 Å². The molecule has 1 aromatic heterocycles. The SMILES string of the molecule is CNC1CCc2cc(CCN3CCN(c4nsc5ccccc45)CC3)ccc2C1. The van der Waals surface area contributed by atoms with E-state index in [0.717, 1.165) is 39.1 Å². The van der Waals surface area contributed by atoms with Gasteiger partial charge in [-0.1, -0.05) is 30.3 Å². The van der Waals surface area contributed by atoms with E-state index in [4.69, 9.17) is 4.37 Å². The van der Waals surface area contributed by atoms with Crippen LogP contribution in [0.4, 0.5) is 5.82 Å². The Morgan fingerprint density at radius 2 is 1.93 bits per heavy atom. The van der Waals surface area contributed by atoms with Crippen LogP contribution < -0.4 is 10.2 Å². The number of hydrogen-bond donors (Lipinski definition) is 1. The Morgan fingerprint density at radius 1 is 1.07 bits per heavy atom. The number of piperazine rings is 1. The molecule has 5 rings (SSSR count). The molecule has 1 saturated heterocycles. The molecule has 1 unspecified atom stereocenters. The minimum absolute atomic E-state index is 0.652. The number of aromatic nitrogens is 1. The summed E-state index contributed by atoms with van der Waals surface area (Å²) in [6.45, 7) is 5.55. The summed E-state index contributed by atoms with van der Waals surface area (Å²) in [7, 11) is 2.08. The molecule has 1 aliphatic heterocycles. The molecule has 0 radical (unpaired) electrons. The minimum Gasteiger partial charge on any atom is -0.353 e. The van der Waals surface area contributed by atoms with Gasteiger partial charge < -0.3 is 10.2 Å². The molecule has 3 aromatic rings. The summed E-state index contributed by atoms with van der Waals surface area (Å²) >= 11 is 1.62. The molecule has 0 saturated carbocycles. The quantitative estimate of drug-likeness (QED) is 0.699. The molecule has 29 heavy (non-hydrogen) atoms. The summed E-state index contributed by atoms with van der Waals surface area (Å²) in [5.41, 5.74) is 4.62. The first-order chi connectivity index (χ1) is 14.3. The molecule has 0 spiro atoms. The van der Waals surface area contributed by atoms with Gasteiger partial charge >= 0.3 is 0 Å². The molecule has 1 fully saturated rings. The Morgan fingerprint density at radius 3 is 2.79 bits per heavy atom. The number of benzene rings is 2. The van der Waals surface area contributed by atoms with E-state index in [1.807, 2.05) is 0 Å². The second-order valence-corrected chi connectivity index (χ2v) is 9.22. The molecular weight excluding hydrogens is 376 g/mol. The largest absolute Gasteiger partial charge is 0.353 e. The minimum atomic E-state index is 0.652. The third-order valence-corrected chi connectivity index (χ3v) is 7.47. The second kappa shape index (κ2) is 8.42. The van der Waals surface area contributed by atoms with Crippen molar-refractivity contribution >= 4 is 27.4 Å². The van der Waals surface area contributed by atoms with E-state index in [1.165, 1.54) is 40.7 Å². The van der Waals surface area contributed by atoms with Gasteiger partial charge in [0.05, 0.1) is 4.70 Å². The van der Waals surface area contributed by atoms with Gasteiger partial charge in [-0.05, 0) is 73.1 Å². The monoisotopic (exact) mass is 406 g/mol. The van der Waals surface area contributed by atoms with E-state index in [1.54, 1.807) is 22.7 Å². The Kier molecular flexibility index (Phi) is 5.53. The van der Waals surface area contributed by atoms with Crippen molar-refractivity contribution in [3.63, 3.8) is 0 Å². The second-order valence-electron chi connectivity index (χ2n) is 8.41. The Hall–Kier alpha value is -1.95. The summed E-state index contributed by atoms with van der Waals surface area (Å²) in [6.07, 6.45) is 4.82. The predicted molar refractivity (Wildman–Crippen MR) is 123 cm³/mol. The Labute approximate surface area is 177 Å². The molecule has 1 aliphatic carbocycles. The fraction of sp³-hybridized carbons (Fsp3) is 0.458. The van der Waals surface area contributed by atoms with Gasteiger partial charge in [0.1, 0.15) is 5.82 Å². The molecule has 2 heterocycles. The molecule has 1 N–H and O–H groups in total. The molecule has 4 nitrogen and oxygen atoms in total. The van der Waals surface area contributed by atoms with Gasteiger partial charge in [-0.2, -0.15) is 4.37 Å². The average Bonchev–Trinajstić information content (AvgIpc) is 3.22. The summed E-state index contributed by atoms with van der Waals surface area (Å²) in [4.78, 5) is 5.08. The average molecular weight is 407 g/mol. The van der Waals surface area contributed by atoms with Crippen LogP contribution in [0.5, 0.6) is 0 Å². The highest BCUT2D eigenvalue weighted by molar-refractivity contribution is 7.13. The van der Waals surface area contributed by atoms with E-state index < -0.39 is 0 Å². The third-order valence-electron chi connectivity index (χ3n) is 6.65. The molecule has 2 aliphatic rings. The zero-order valence-corrected chi connectivity index (χ0v) is 18.0. The van der Waals surface area contributed by atoms with E-state index in [-0.39, 0.29) is 0 Å². The van der Waals surface area contributed by atoms with Gasteiger partial charge in [0.25, 0.3) is 0 Å². The van der Waals surface area contributed by atoms with Crippen molar-refractivity contribution in [2.45, 2.75) is 31.7 Å². The smallest absolute Gasteiger partial charge is 0.150 e. The van der Waals surface area contributed by atoms with Crippen LogP contribution in [0.15, 0.2) is 42.5 Å². The predicted octanol–water partition coefficient (Wildman–Crippen LogP) is 3.74. The highest BCUT2D eigenvalue weighted by Gasteiger charge is 2.21. The fourth-order valence-corrected chi connectivity index (χ4v) is 5.58. The Bertz CT molecular complexity index is 974. The van der Waals surface area contributed by atoms with Crippen LogP contribution in [0.25, 0.3) is 10.1 Å². The van der Waals surface area contributed by atoms with Gasteiger partial charge in [-0.3, -0.25) is 4.90 Å². The molecule has 0 amide bonds. The lowest BCUT2D eigenvalue weighted by atomic mass is 9.87. The number of rotatable bonds is 5. The van der Waals surface area contributed by atoms with E-state index >= 15 is 0 Å². The van der Waals surface area contributed by atoms with Crippen molar-refractivity contribution in [3.05, 3.63) is 59.2 Å². The molecule has 152 valence electrons. The maximum atomic E-state index is 4.73. The van der Waals surface area contributed by atoms with Gasteiger partial charge in [0, 0.05) is 44.2 Å². The van der Waals surface area contributed by atoms with Crippen LogP contribution in [0.3, 0.4) is 0 Å². The lowest BCUT2D eigenvalue weighted by molar-refractivity contribution is 0.260. The highest BCUT2D eigenvalue weighted by Crippen LogP contribution is 2.30. The lowest BCUT2D eigenvalue weighted by Gasteiger charge is -2.35. The fourth-order valence-electron chi connectivity index (χ4n) is 4.78. The van der Waals surface area contributed by atoms with Crippen molar-refractivity contribution in [3.8, 4) is 0 Å². The van der Waals surface area contributed by atoms with Gasteiger partial charge in [-0.15, -0.1) is 0 Å². The Balaban J connectivity index is 1.16. The van der Waals surface area contributed by atoms with Gasteiger partial charge in [0.2, 0.25) is 0 Å². The van der Waals surface area contributed by atoms with Crippen LogP contribution in [-0.2, 0) is 19.3 Å². The number of likely N-dealkylation sites (N-methyl/N-ethyl adjacent to an activating group) is 1. The number of hydrogen-bond acceptors (Lipinski definition) is 5.